The van der Waals surface area contributed by atoms with E-state index in [4.69, 9.17) is 16.9 Å². The molecule has 2 atom stereocenters. The number of anilines is 1. The van der Waals surface area contributed by atoms with Gasteiger partial charge in [-0.25, -0.2) is 4.79 Å². The van der Waals surface area contributed by atoms with Gasteiger partial charge in [-0.2, -0.15) is 0 Å². The normalized spacial score (nSPS) is 13.7. The van der Waals surface area contributed by atoms with Gasteiger partial charge in [-0.3, -0.25) is 19.9 Å². The van der Waals surface area contributed by atoms with Crippen molar-refractivity contribution in [3.8, 4) is 0 Å². The van der Waals surface area contributed by atoms with Gasteiger partial charge in [-0.05, 0) is 24.1 Å². The van der Waals surface area contributed by atoms with Crippen LogP contribution in [0.1, 0.15) is 36.2 Å². The van der Waals surface area contributed by atoms with Gasteiger partial charge in [0.2, 0.25) is 17.2 Å². The minimum atomic E-state index is -2.23. The number of hydrogen-bond acceptors (Lipinski definition) is 5. The maximum Gasteiger partial charge on any atom is 0.338 e. The summed E-state index contributed by atoms with van der Waals surface area (Å²) in [5.74, 6) is -3.94. The predicted molar refractivity (Wildman–Crippen MR) is 115 cm³/mol. The average Bonchev–Trinajstić information content (AvgIpc) is 2.76. The lowest BCUT2D eigenvalue weighted by atomic mass is 9.75. The van der Waals surface area contributed by atoms with Crippen LogP contribution in [0.25, 0.3) is 0 Å². The molecule has 2 rings (SSSR count). The summed E-state index contributed by atoms with van der Waals surface area (Å²) in [6.45, 7) is 2.89. The molecule has 0 unspecified atom stereocenters. The Bertz CT molecular complexity index is 961. The zero-order chi connectivity index (χ0) is 22.5. The second-order valence-corrected chi connectivity index (χ2v) is 6.97. The fourth-order valence-corrected chi connectivity index (χ4v) is 3.51. The molecule has 0 heterocycles. The number of amides is 1. The number of aliphatic carboxylic acids is 1. The van der Waals surface area contributed by atoms with Gasteiger partial charge in [0.05, 0.1) is 6.54 Å². The number of hydrogen-bond donors (Lipinski definition) is 4. The smallest absolute Gasteiger partial charge is 0.338 e. The number of carbonyl (C=O) groups is 3. The van der Waals surface area contributed by atoms with Gasteiger partial charge >= 0.3 is 5.97 Å². The van der Waals surface area contributed by atoms with E-state index in [0.29, 0.717) is 6.42 Å². The number of para-hydroxylation sites is 1. The second kappa shape index (κ2) is 9.32. The number of Topliss-reactive ketones (excluding diaryl/α,β-unsaturated/α-hetero) is 1. The number of benzene rings is 2. The predicted octanol–water partition coefficient (Wildman–Crippen LogP) is 2.01. The summed E-state index contributed by atoms with van der Waals surface area (Å²) in [4.78, 5) is 40.5. The minimum absolute atomic E-state index is 0.0381. The molecule has 6 N–H and O–H groups in total. The van der Waals surface area contributed by atoms with Gasteiger partial charge in [-0.1, -0.05) is 56.7 Å². The topological polar surface area (TPSA) is 151 Å². The lowest BCUT2D eigenvalue weighted by molar-refractivity contribution is -0.145. The highest BCUT2D eigenvalue weighted by molar-refractivity contribution is 6.23. The molecule has 0 bridgehead atoms. The van der Waals surface area contributed by atoms with Crippen LogP contribution in [-0.2, 0) is 9.59 Å². The molecule has 0 spiro atoms. The molecule has 0 saturated carbocycles. The van der Waals surface area contributed by atoms with E-state index in [2.05, 4.69) is 0 Å². The Morgan fingerprint density at radius 1 is 1.10 bits per heavy atom. The number of carboxylic acids is 1. The Morgan fingerprint density at radius 3 is 2.20 bits per heavy atom. The summed E-state index contributed by atoms with van der Waals surface area (Å²) >= 11 is 0. The van der Waals surface area contributed by atoms with Crippen LogP contribution in [0.4, 0.5) is 5.69 Å². The van der Waals surface area contributed by atoms with Gasteiger partial charge in [0.25, 0.3) is 0 Å². The average molecular weight is 410 g/mol. The lowest BCUT2D eigenvalue weighted by Crippen LogP contribution is -2.67. The van der Waals surface area contributed by atoms with Crippen LogP contribution >= 0.6 is 0 Å². The van der Waals surface area contributed by atoms with Crippen LogP contribution < -0.4 is 16.4 Å². The third-order valence-corrected chi connectivity index (χ3v) is 5.22. The van der Waals surface area contributed by atoms with E-state index in [1.165, 1.54) is 18.2 Å². The molecule has 8 heteroatoms. The van der Waals surface area contributed by atoms with E-state index >= 15 is 0 Å². The largest absolute Gasteiger partial charge is 0.479 e. The van der Waals surface area contributed by atoms with E-state index in [1.807, 2.05) is 0 Å². The number of ketones is 1. The van der Waals surface area contributed by atoms with E-state index in [9.17, 15) is 19.5 Å². The summed E-state index contributed by atoms with van der Waals surface area (Å²) < 4.78 is 0. The van der Waals surface area contributed by atoms with Crippen molar-refractivity contribution < 1.29 is 19.5 Å². The zero-order valence-electron chi connectivity index (χ0n) is 17.0. The second-order valence-electron chi connectivity index (χ2n) is 6.97. The summed E-state index contributed by atoms with van der Waals surface area (Å²) in [5.41, 5.74) is 9.48. The Labute approximate surface area is 175 Å². The van der Waals surface area contributed by atoms with Gasteiger partial charge in [0.1, 0.15) is 5.84 Å². The minimum Gasteiger partial charge on any atom is -0.479 e. The van der Waals surface area contributed by atoms with E-state index in [-0.39, 0.29) is 22.6 Å². The summed E-state index contributed by atoms with van der Waals surface area (Å²) in [7, 11) is 0. The van der Waals surface area contributed by atoms with E-state index in [1.54, 1.807) is 50.2 Å². The molecule has 0 aliphatic rings. The van der Waals surface area contributed by atoms with Crippen LogP contribution in [0.5, 0.6) is 0 Å². The monoisotopic (exact) mass is 410 g/mol. The molecule has 0 fully saturated rings. The van der Waals surface area contributed by atoms with Crippen molar-refractivity contribution in [1.29, 1.82) is 5.41 Å². The first-order valence-electron chi connectivity index (χ1n) is 9.52. The van der Waals surface area contributed by atoms with Crippen molar-refractivity contribution in [3.63, 3.8) is 0 Å². The Morgan fingerprint density at radius 2 is 1.70 bits per heavy atom. The Hall–Kier alpha value is -3.52. The third kappa shape index (κ3) is 3.95. The van der Waals surface area contributed by atoms with Crippen LogP contribution in [0.3, 0.4) is 0 Å². The fraction of sp³-hybridized carbons (Fsp3) is 0.273. The van der Waals surface area contributed by atoms with Crippen molar-refractivity contribution >= 4 is 29.2 Å². The quantitative estimate of drug-likeness (QED) is 0.215. The zero-order valence-corrected chi connectivity index (χ0v) is 17.0. The summed E-state index contributed by atoms with van der Waals surface area (Å²) in [5, 5.41) is 18.0. The highest BCUT2D eigenvalue weighted by atomic mass is 16.4. The van der Waals surface area contributed by atoms with Crippen molar-refractivity contribution in [2.45, 2.75) is 25.8 Å². The molecule has 2 aromatic rings. The standard InChI is InChI=1S/C22H26N4O4/c1-3-14(2)22(21(29)30,19(28)15-8-7-9-16(12-15)20(24)25)26(18(27)13-23)17-10-5-4-6-11-17/h4-12,14H,3,13,23H2,1-2H3,(H3,24,25)(H,29,30)/t14-,22+/m1/s1. The maximum atomic E-state index is 13.8. The van der Waals surface area contributed by atoms with E-state index < -0.39 is 35.7 Å². The maximum absolute atomic E-state index is 13.8. The Balaban J connectivity index is 2.85. The molecule has 0 radical (unpaired) electrons. The molecule has 0 aliphatic heterocycles. The Kier molecular flexibility index (Phi) is 7.07. The number of carboxylic acid groups (broad SMARTS) is 1. The van der Waals surface area contributed by atoms with Gasteiger partial charge in [0.15, 0.2) is 0 Å². The SMILES string of the molecule is CC[C@@H](C)[C@@](C(=O)O)(C(=O)c1cccc(C(=N)N)c1)N(C(=O)CN)c1ccccc1. The van der Waals surface area contributed by atoms with Crippen molar-refractivity contribution in [2.24, 2.45) is 17.4 Å². The summed E-state index contributed by atoms with van der Waals surface area (Å²) in [6, 6.07) is 14.0. The lowest BCUT2D eigenvalue weighted by Gasteiger charge is -2.43. The third-order valence-electron chi connectivity index (χ3n) is 5.22. The number of nitrogen functional groups attached to an aromatic ring is 1. The van der Waals surface area contributed by atoms with Gasteiger partial charge in [-0.15, -0.1) is 0 Å². The van der Waals surface area contributed by atoms with Gasteiger partial charge in [0, 0.05) is 16.8 Å². The number of amidine groups is 1. The molecule has 2 aromatic carbocycles. The van der Waals surface area contributed by atoms with Crippen LogP contribution in [0.15, 0.2) is 54.6 Å². The first-order chi connectivity index (χ1) is 14.2. The first-order valence-corrected chi connectivity index (χ1v) is 9.52. The summed E-state index contributed by atoms with van der Waals surface area (Å²) in [6.07, 6.45) is 0.311. The molecule has 158 valence electrons. The molecule has 0 aliphatic carbocycles. The van der Waals surface area contributed by atoms with Crippen LogP contribution in [0, 0.1) is 11.3 Å². The number of nitrogens with two attached hydrogens (primary N) is 2. The van der Waals surface area contributed by atoms with Crippen molar-refractivity contribution in [3.05, 3.63) is 65.7 Å². The van der Waals surface area contributed by atoms with Crippen LogP contribution in [0.2, 0.25) is 0 Å². The molecular formula is C22H26N4O4. The number of nitrogens with zero attached hydrogens (tertiary/aromatic N) is 1. The number of nitrogens with one attached hydrogen (secondary N) is 1. The van der Waals surface area contributed by atoms with Gasteiger partial charge < -0.3 is 16.6 Å². The highest BCUT2D eigenvalue weighted by Gasteiger charge is 2.57. The van der Waals surface area contributed by atoms with E-state index in [0.717, 1.165) is 4.90 Å². The molecule has 0 saturated heterocycles. The van der Waals surface area contributed by atoms with Crippen LogP contribution in [-0.4, -0.2) is 40.7 Å². The molecule has 8 nitrogen and oxygen atoms in total. The first kappa shape index (κ1) is 22.8. The molecular weight excluding hydrogens is 384 g/mol. The molecule has 0 aromatic heterocycles. The van der Waals surface area contributed by atoms with Crippen molar-refractivity contribution in [2.75, 3.05) is 11.4 Å². The highest BCUT2D eigenvalue weighted by Crippen LogP contribution is 2.36. The fourth-order valence-electron chi connectivity index (χ4n) is 3.51. The van der Waals surface area contributed by atoms with Crippen molar-refractivity contribution in [1.82, 2.24) is 0 Å². The molecule has 1 amide bonds. The number of rotatable bonds is 9. The molecule has 30 heavy (non-hydrogen) atoms. The number of carbonyl (C=O) groups excluding carboxylic acids is 2.